The SMILES string of the molecule is COc1ccc(NC(=O)c2cnn3c2NC(C(=O)O)=C[C@@H]3c2ccccc2Br)cc1. The second-order valence-corrected chi connectivity index (χ2v) is 7.37. The van der Waals surface area contributed by atoms with Crippen LogP contribution >= 0.6 is 15.9 Å². The fourth-order valence-corrected chi connectivity index (χ4v) is 3.71. The first kappa shape index (κ1) is 19.7. The molecule has 152 valence electrons. The van der Waals surface area contributed by atoms with E-state index in [-0.39, 0.29) is 11.3 Å². The number of aromatic nitrogens is 2. The molecule has 1 aromatic heterocycles. The largest absolute Gasteiger partial charge is 0.497 e. The van der Waals surface area contributed by atoms with Crippen molar-refractivity contribution in [1.29, 1.82) is 0 Å². The number of ether oxygens (including phenoxy) is 1. The Bertz CT molecular complexity index is 1150. The number of allylic oxidation sites excluding steroid dienone is 1. The standard InChI is InChI=1S/C21H17BrN4O4/c1-30-13-8-6-12(7-9-13)24-20(27)15-11-23-26-18(14-4-2-3-5-16(14)22)10-17(21(28)29)25-19(15)26/h2-11,18,25H,1H3,(H,24,27)(H,28,29)/t18-/m1/s1. The minimum atomic E-state index is -1.12. The molecule has 3 N–H and O–H groups in total. The number of nitrogens with one attached hydrogen (secondary N) is 2. The zero-order valence-corrected chi connectivity index (χ0v) is 17.4. The van der Waals surface area contributed by atoms with Crippen LogP contribution in [-0.2, 0) is 4.79 Å². The van der Waals surface area contributed by atoms with E-state index in [1.807, 2.05) is 24.3 Å². The van der Waals surface area contributed by atoms with Crippen molar-refractivity contribution in [2.75, 3.05) is 17.7 Å². The number of halogens is 1. The lowest BCUT2D eigenvalue weighted by Gasteiger charge is -2.25. The highest BCUT2D eigenvalue weighted by atomic mass is 79.9. The zero-order valence-electron chi connectivity index (χ0n) is 15.8. The second-order valence-electron chi connectivity index (χ2n) is 6.51. The Hall–Kier alpha value is -3.59. The van der Waals surface area contributed by atoms with Gasteiger partial charge in [-0.3, -0.25) is 4.79 Å². The van der Waals surface area contributed by atoms with E-state index in [0.717, 1.165) is 10.0 Å². The van der Waals surface area contributed by atoms with Crippen LogP contribution in [0.25, 0.3) is 0 Å². The van der Waals surface area contributed by atoms with E-state index >= 15 is 0 Å². The van der Waals surface area contributed by atoms with Gasteiger partial charge in [0.1, 0.15) is 28.9 Å². The van der Waals surface area contributed by atoms with Crippen molar-refractivity contribution in [2.45, 2.75) is 6.04 Å². The van der Waals surface area contributed by atoms with Gasteiger partial charge in [-0.05, 0) is 42.0 Å². The normalized spacial score (nSPS) is 14.9. The maximum Gasteiger partial charge on any atom is 0.352 e. The number of nitrogens with zero attached hydrogens (tertiary/aromatic N) is 2. The van der Waals surface area contributed by atoms with Crippen molar-refractivity contribution >= 4 is 39.3 Å². The summed E-state index contributed by atoms with van der Waals surface area (Å²) in [6.07, 6.45) is 2.98. The third-order valence-corrected chi connectivity index (χ3v) is 5.41. The summed E-state index contributed by atoms with van der Waals surface area (Å²) in [7, 11) is 1.56. The van der Waals surface area contributed by atoms with Crippen LogP contribution in [0, 0.1) is 0 Å². The number of carboxylic acid groups (broad SMARTS) is 1. The molecule has 8 nitrogen and oxygen atoms in total. The Labute approximate surface area is 180 Å². The number of carboxylic acids is 1. The van der Waals surface area contributed by atoms with Crippen LogP contribution in [0.15, 0.2) is 71.0 Å². The Morgan fingerprint density at radius 3 is 2.60 bits per heavy atom. The molecule has 0 aliphatic carbocycles. The molecule has 0 radical (unpaired) electrons. The van der Waals surface area contributed by atoms with E-state index in [2.05, 4.69) is 31.7 Å². The summed E-state index contributed by atoms with van der Waals surface area (Å²) < 4.78 is 7.52. The molecule has 0 fully saturated rings. The van der Waals surface area contributed by atoms with Crippen LogP contribution in [0.1, 0.15) is 22.0 Å². The zero-order chi connectivity index (χ0) is 21.3. The van der Waals surface area contributed by atoms with E-state index in [1.165, 1.54) is 6.20 Å². The fraction of sp³-hybridized carbons (Fsp3) is 0.0952. The van der Waals surface area contributed by atoms with Crippen molar-refractivity contribution in [1.82, 2.24) is 9.78 Å². The number of anilines is 2. The first-order chi connectivity index (χ1) is 14.5. The Morgan fingerprint density at radius 1 is 1.20 bits per heavy atom. The third-order valence-electron chi connectivity index (χ3n) is 4.68. The molecule has 0 spiro atoms. The Kier molecular flexibility index (Phi) is 5.28. The quantitative estimate of drug-likeness (QED) is 0.524. The summed E-state index contributed by atoms with van der Waals surface area (Å²) in [5, 5.41) is 19.5. The molecule has 4 rings (SSSR count). The predicted molar refractivity (Wildman–Crippen MR) is 115 cm³/mol. The highest BCUT2D eigenvalue weighted by molar-refractivity contribution is 9.10. The average Bonchev–Trinajstić information content (AvgIpc) is 3.18. The Morgan fingerprint density at radius 2 is 1.93 bits per heavy atom. The topological polar surface area (TPSA) is 105 Å². The molecule has 30 heavy (non-hydrogen) atoms. The molecule has 2 aromatic carbocycles. The molecule has 2 heterocycles. The summed E-state index contributed by atoms with van der Waals surface area (Å²) in [5.41, 5.74) is 1.61. The highest BCUT2D eigenvalue weighted by Crippen LogP contribution is 2.35. The van der Waals surface area contributed by atoms with E-state index in [4.69, 9.17) is 4.74 Å². The van der Waals surface area contributed by atoms with Crippen LogP contribution in [0.5, 0.6) is 5.75 Å². The molecule has 0 unspecified atom stereocenters. The first-order valence-electron chi connectivity index (χ1n) is 8.97. The van der Waals surface area contributed by atoms with Gasteiger partial charge in [0.05, 0.1) is 13.3 Å². The van der Waals surface area contributed by atoms with E-state index in [1.54, 1.807) is 42.1 Å². The van der Waals surface area contributed by atoms with Crippen molar-refractivity contribution in [3.63, 3.8) is 0 Å². The van der Waals surface area contributed by atoms with Gasteiger partial charge in [0.25, 0.3) is 5.91 Å². The minimum absolute atomic E-state index is 0.0257. The number of benzene rings is 2. The minimum Gasteiger partial charge on any atom is -0.497 e. The number of hydrogen-bond donors (Lipinski definition) is 3. The van der Waals surface area contributed by atoms with Gasteiger partial charge < -0.3 is 20.5 Å². The molecule has 1 aliphatic rings. The number of aliphatic carboxylic acids is 1. The van der Waals surface area contributed by atoms with Gasteiger partial charge in [-0.25, -0.2) is 9.48 Å². The molecule has 1 amide bonds. The molecule has 0 bridgehead atoms. The molecular weight excluding hydrogens is 452 g/mol. The summed E-state index contributed by atoms with van der Waals surface area (Å²) in [4.78, 5) is 24.6. The number of rotatable bonds is 5. The van der Waals surface area contributed by atoms with Gasteiger partial charge in [0, 0.05) is 10.2 Å². The van der Waals surface area contributed by atoms with E-state index < -0.39 is 17.9 Å². The van der Waals surface area contributed by atoms with Crippen LogP contribution in [0.3, 0.4) is 0 Å². The van der Waals surface area contributed by atoms with Crippen LogP contribution in [0.2, 0.25) is 0 Å². The maximum absolute atomic E-state index is 12.9. The second kappa shape index (κ2) is 8.03. The van der Waals surface area contributed by atoms with Gasteiger partial charge >= 0.3 is 5.97 Å². The van der Waals surface area contributed by atoms with Gasteiger partial charge in [0.15, 0.2) is 0 Å². The van der Waals surface area contributed by atoms with Crippen LogP contribution in [-0.4, -0.2) is 33.9 Å². The molecule has 1 atom stereocenters. The summed E-state index contributed by atoms with van der Waals surface area (Å²) in [6, 6.07) is 13.9. The summed E-state index contributed by atoms with van der Waals surface area (Å²) >= 11 is 3.50. The lowest BCUT2D eigenvalue weighted by molar-refractivity contribution is -0.132. The molecule has 3 aromatic rings. The third kappa shape index (κ3) is 3.67. The summed E-state index contributed by atoms with van der Waals surface area (Å²) in [5.74, 6) is -0.556. The summed E-state index contributed by atoms with van der Waals surface area (Å²) in [6.45, 7) is 0. The molecule has 0 saturated carbocycles. The lowest BCUT2D eigenvalue weighted by Crippen LogP contribution is -2.25. The number of fused-ring (bicyclic) bond motifs is 1. The molecule has 1 aliphatic heterocycles. The highest BCUT2D eigenvalue weighted by Gasteiger charge is 2.30. The van der Waals surface area contributed by atoms with Gasteiger partial charge in [-0.2, -0.15) is 5.10 Å². The van der Waals surface area contributed by atoms with Gasteiger partial charge in [-0.15, -0.1) is 0 Å². The van der Waals surface area contributed by atoms with Crippen molar-refractivity contribution in [3.05, 3.63) is 82.1 Å². The first-order valence-corrected chi connectivity index (χ1v) is 9.76. The lowest BCUT2D eigenvalue weighted by atomic mass is 10.0. The van der Waals surface area contributed by atoms with E-state index in [0.29, 0.717) is 17.3 Å². The predicted octanol–water partition coefficient (Wildman–Crippen LogP) is 3.89. The van der Waals surface area contributed by atoms with Crippen LogP contribution in [0.4, 0.5) is 11.5 Å². The molecule has 9 heteroatoms. The smallest absolute Gasteiger partial charge is 0.352 e. The maximum atomic E-state index is 12.9. The number of hydrogen-bond acceptors (Lipinski definition) is 5. The number of amides is 1. The molecular formula is C21H17BrN4O4. The average molecular weight is 469 g/mol. The van der Waals surface area contributed by atoms with Crippen LogP contribution < -0.4 is 15.4 Å². The van der Waals surface area contributed by atoms with E-state index in [9.17, 15) is 14.7 Å². The van der Waals surface area contributed by atoms with Crippen molar-refractivity contribution in [2.24, 2.45) is 0 Å². The van der Waals surface area contributed by atoms with Crippen molar-refractivity contribution in [3.8, 4) is 5.75 Å². The monoisotopic (exact) mass is 468 g/mol. The molecule has 0 saturated heterocycles. The van der Waals surface area contributed by atoms with Gasteiger partial charge in [-0.1, -0.05) is 34.1 Å². The Balaban J connectivity index is 1.70. The number of methoxy groups -OCH3 is 1. The number of carbonyl (C=O) groups excluding carboxylic acids is 1. The van der Waals surface area contributed by atoms with Crippen molar-refractivity contribution < 1.29 is 19.4 Å². The number of carbonyl (C=O) groups is 2. The van der Waals surface area contributed by atoms with Gasteiger partial charge in [0.2, 0.25) is 0 Å². The fourth-order valence-electron chi connectivity index (χ4n) is 3.20.